The fourth-order valence-corrected chi connectivity index (χ4v) is 4.46. The molecule has 0 radical (unpaired) electrons. The first-order valence-electron chi connectivity index (χ1n) is 11.1. The highest BCUT2D eigenvalue weighted by atomic mass is 32.2. The number of hydrogen-bond donors (Lipinski definition) is 2. The Balaban J connectivity index is 1.40. The molecule has 1 amide bonds. The Morgan fingerprint density at radius 3 is 2.61 bits per heavy atom. The zero-order valence-corrected chi connectivity index (χ0v) is 20.4. The van der Waals surface area contributed by atoms with Crippen LogP contribution >= 0.6 is 11.8 Å². The van der Waals surface area contributed by atoms with Gasteiger partial charge in [0.2, 0.25) is 11.6 Å². The van der Waals surface area contributed by atoms with Crippen LogP contribution < -0.4 is 11.2 Å². The van der Waals surface area contributed by atoms with E-state index in [1.807, 2.05) is 80.6 Å². The van der Waals surface area contributed by atoms with E-state index in [1.54, 1.807) is 0 Å². The lowest BCUT2D eigenvalue weighted by Gasteiger charge is -2.07. The van der Waals surface area contributed by atoms with Crippen molar-refractivity contribution in [3.63, 3.8) is 0 Å². The number of anilines is 1. The van der Waals surface area contributed by atoms with Crippen molar-refractivity contribution in [2.45, 2.75) is 24.5 Å². The molecule has 2 aromatic heterocycles. The van der Waals surface area contributed by atoms with Crippen LogP contribution in [0.25, 0.3) is 16.6 Å². The number of thioether (sulfide) groups is 1. The third-order valence-corrected chi connectivity index (χ3v) is 6.59. The fourth-order valence-electron chi connectivity index (χ4n) is 3.57. The highest BCUT2D eigenvalue weighted by Crippen LogP contribution is 2.26. The highest BCUT2D eigenvalue weighted by Gasteiger charge is 2.24. The van der Waals surface area contributed by atoms with Gasteiger partial charge in [-0.1, -0.05) is 59.3 Å². The Labute approximate surface area is 210 Å². The monoisotopic (exact) mass is 498 g/mol. The number of nitrogens with one attached hydrogen (secondary N) is 1. The summed E-state index contributed by atoms with van der Waals surface area (Å²) in [6, 6.07) is 22.1. The van der Waals surface area contributed by atoms with Crippen LogP contribution in [0.4, 0.5) is 5.82 Å². The van der Waals surface area contributed by atoms with E-state index in [1.165, 1.54) is 16.4 Å². The number of carbonyl (C=O) groups is 1. The second kappa shape index (κ2) is 10.0. The topological polar surface area (TPSA) is 137 Å². The minimum atomic E-state index is -0.504. The van der Waals surface area contributed by atoms with E-state index in [4.69, 9.17) is 10.4 Å². The Morgan fingerprint density at radius 2 is 1.86 bits per heavy atom. The SMILES string of the molecule is C/C(=N/NC(=O)c1nnn(-c2nonc2N)c1CSc1ccc(C)cc1)c1ccc2ccccc2c1. The lowest BCUT2D eigenvalue weighted by Crippen LogP contribution is -2.21. The summed E-state index contributed by atoms with van der Waals surface area (Å²) in [5, 5.41) is 22.1. The Hall–Kier alpha value is -4.51. The number of aromatic nitrogens is 5. The molecule has 0 spiro atoms. The van der Waals surface area contributed by atoms with E-state index in [9.17, 15) is 4.79 Å². The molecule has 0 aliphatic rings. The molecular weight excluding hydrogens is 476 g/mol. The van der Waals surface area contributed by atoms with Crippen molar-refractivity contribution in [2.24, 2.45) is 5.10 Å². The van der Waals surface area contributed by atoms with Gasteiger partial charge >= 0.3 is 0 Å². The molecule has 5 aromatic rings. The van der Waals surface area contributed by atoms with Crippen molar-refractivity contribution >= 4 is 40.0 Å². The number of nitrogens with zero attached hydrogens (tertiary/aromatic N) is 6. The second-order valence-electron chi connectivity index (χ2n) is 8.07. The molecule has 2 heterocycles. The minimum absolute atomic E-state index is 0.0404. The number of aryl methyl sites for hydroxylation is 1. The van der Waals surface area contributed by atoms with Crippen LogP contribution in [0.1, 0.15) is 34.2 Å². The first-order chi connectivity index (χ1) is 17.5. The number of carbonyl (C=O) groups excluding carboxylic acids is 1. The molecule has 0 fully saturated rings. The zero-order valence-electron chi connectivity index (χ0n) is 19.5. The van der Waals surface area contributed by atoms with Gasteiger partial charge in [0.25, 0.3) is 5.91 Å². The lowest BCUT2D eigenvalue weighted by molar-refractivity contribution is 0.0949. The summed E-state index contributed by atoms with van der Waals surface area (Å²) in [6.45, 7) is 3.85. The van der Waals surface area contributed by atoms with Gasteiger partial charge < -0.3 is 5.73 Å². The normalized spacial score (nSPS) is 11.7. The highest BCUT2D eigenvalue weighted by molar-refractivity contribution is 7.98. The van der Waals surface area contributed by atoms with Crippen molar-refractivity contribution in [1.82, 2.24) is 30.7 Å². The number of fused-ring (bicyclic) bond motifs is 1. The zero-order chi connectivity index (χ0) is 25.1. The molecule has 3 aromatic carbocycles. The van der Waals surface area contributed by atoms with Gasteiger partial charge in [-0.2, -0.15) is 9.78 Å². The molecule has 0 atom stereocenters. The van der Waals surface area contributed by atoms with Gasteiger partial charge in [-0.3, -0.25) is 4.79 Å². The Bertz CT molecular complexity index is 1570. The van der Waals surface area contributed by atoms with Gasteiger partial charge in [-0.25, -0.2) is 10.1 Å². The van der Waals surface area contributed by atoms with E-state index in [0.717, 1.165) is 26.8 Å². The standard InChI is InChI=1S/C25H22N8O2S/c1-15-7-11-20(12-8-15)36-14-21-22(28-32-33(21)24-23(26)30-35-31-24)25(34)29-27-16(2)18-10-9-17-5-3-4-6-19(17)13-18/h3-13H,14H2,1-2H3,(H2,26,30)(H,29,34)/b27-16-. The van der Waals surface area contributed by atoms with Crippen LogP contribution in [-0.4, -0.2) is 36.9 Å². The summed E-state index contributed by atoms with van der Waals surface area (Å²) >= 11 is 1.52. The number of hydrogen-bond acceptors (Lipinski definition) is 9. The van der Waals surface area contributed by atoms with Crippen molar-refractivity contribution in [2.75, 3.05) is 5.73 Å². The van der Waals surface area contributed by atoms with Crippen LogP contribution in [0.3, 0.4) is 0 Å². The maximum Gasteiger partial charge on any atom is 0.293 e. The summed E-state index contributed by atoms with van der Waals surface area (Å²) in [5.74, 6) is 0.0739. The number of nitrogens with two attached hydrogens (primary N) is 1. The van der Waals surface area contributed by atoms with Crippen molar-refractivity contribution < 1.29 is 9.42 Å². The average Bonchev–Trinajstić information content (AvgIpc) is 3.52. The summed E-state index contributed by atoms with van der Waals surface area (Å²) in [4.78, 5) is 14.1. The molecule has 0 aliphatic heterocycles. The number of benzene rings is 3. The third-order valence-electron chi connectivity index (χ3n) is 5.56. The summed E-state index contributed by atoms with van der Waals surface area (Å²) in [7, 11) is 0. The molecule has 5 rings (SSSR count). The quantitative estimate of drug-likeness (QED) is 0.194. The van der Waals surface area contributed by atoms with Gasteiger partial charge in [0.05, 0.1) is 11.4 Å². The van der Waals surface area contributed by atoms with E-state index in [0.29, 0.717) is 17.2 Å². The maximum atomic E-state index is 13.1. The van der Waals surface area contributed by atoms with Crippen LogP contribution in [0.15, 0.2) is 81.4 Å². The molecule has 0 unspecified atom stereocenters. The summed E-state index contributed by atoms with van der Waals surface area (Å²) in [5.41, 5.74) is 11.8. The smallest absolute Gasteiger partial charge is 0.293 e. The molecule has 0 saturated carbocycles. The van der Waals surface area contributed by atoms with E-state index < -0.39 is 5.91 Å². The third kappa shape index (κ3) is 4.82. The van der Waals surface area contributed by atoms with E-state index in [2.05, 4.69) is 31.2 Å². The maximum absolute atomic E-state index is 13.1. The van der Waals surface area contributed by atoms with Gasteiger partial charge in [0.1, 0.15) is 0 Å². The van der Waals surface area contributed by atoms with Gasteiger partial charge in [0.15, 0.2) is 5.69 Å². The van der Waals surface area contributed by atoms with Crippen LogP contribution in [0, 0.1) is 6.92 Å². The molecule has 11 heteroatoms. The fraction of sp³-hybridized carbons (Fsp3) is 0.120. The molecule has 180 valence electrons. The van der Waals surface area contributed by atoms with Crippen LogP contribution in [0.5, 0.6) is 0 Å². The first kappa shape index (κ1) is 23.2. The van der Waals surface area contributed by atoms with Crippen molar-refractivity contribution in [3.05, 3.63) is 89.2 Å². The lowest BCUT2D eigenvalue weighted by atomic mass is 10.0. The van der Waals surface area contributed by atoms with Crippen LogP contribution in [0.2, 0.25) is 0 Å². The van der Waals surface area contributed by atoms with Crippen molar-refractivity contribution in [3.8, 4) is 5.82 Å². The molecule has 0 bridgehead atoms. The molecule has 36 heavy (non-hydrogen) atoms. The first-order valence-corrected chi connectivity index (χ1v) is 12.0. The average molecular weight is 499 g/mol. The van der Waals surface area contributed by atoms with Crippen molar-refractivity contribution in [1.29, 1.82) is 0 Å². The molecular formula is C25H22N8O2S. The number of nitrogen functional groups attached to an aromatic ring is 1. The van der Waals surface area contributed by atoms with Gasteiger partial charge in [-0.15, -0.1) is 16.9 Å². The molecule has 0 saturated heterocycles. The molecule has 0 aliphatic carbocycles. The predicted octanol–water partition coefficient (Wildman–Crippen LogP) is 4.14. The van der Waals surface area contributed by atoms with Crippen LogP contribution in [-0.2, 0) is 5.75 Å². The van der Waals surface area contributed by atoms with Gasteiger partial charge in [0, 0.05) is 10.6 Å². The number of hydrazone groups is 1. The second-order valence-corrected chi connectivity index (χ2v) is 9.12. The summed E-state index contributed by atoms with van der Waals surface area (Å²) in [6.07, 6.45) is 0. The number of amides is 1. The summed E-state index contributed by atoms with van der Waals surface area (Å²) < 4.78 is 6.08. The minimum Gasteiger partial charge on any atom is -0.378 e. The predicted molar refractivity (Wildman–Crippen MR) is 138 cm³/mol. The van der Waals surface area contributed by atoms with E-state index in [-0.39, 0.29) is 17.3 Å². The Kier molecular flexibility index (Phi) is 6.46. The Morgan fingerprint density at radius 1 is 1.08 bits per heavy atom. The van der Waals surface area contributed by atoms with E-state index >= 15 is 0 Å². The molecule has 3 N–H and O–H groups in total. The number of rotatable bonds is 7. The largest absolute Gasteiger partial charge is 0.378 e. The van der Waals surface area contributed by atoms with Gasteiger partial charge in [-0.05, 0) is 58.7 Å². The molecule has 10 nitrogen and oxygen atoms in total.